The summed E-state index contributed by atoms with van der Waals surface area (Å²) in [7, 11) is 0. The number of pyridine rings is 1. The van der Waals surface area contributed by atoms with Crippen molar-refractivity contribution in [1.82, 2.24) is 4.98 Å². The van der Waals surface area contributed by atoms with E-state index in [0.717, 1.165) is 5.69 Å². The van der Waals surface area contributed by atoms with Gasteiger partial charge in [-0.1, -0.05) is 18.2 Å². The van der Waals surface area contributed by atoms with Crippen LogP contribution in [-0.2, 0) is 16.1 Å². The fourth-order valence-electron chi connectivity index (χ4n) is 2.72. The zero-order valence-electron chi connectivity index (χ0n) is 17.4. The molecule has 0 saturated heterocycles. The molecule has 0 aliphatic heterocycles. The van der Waals surface area contributed by atoms with E-state index in [0.29, 0.717) is 29.2 Å². The van der Waals surface area contributed by atoms with E-state index < -0.39 is 11.9 Å². The third-order valence-corrected chi connectivity index (χ3v) is 4.32. The Morgan fingerprint density at radius 2 is 1.81 bits per heavy atom. The van der Waals surface area contributed by atoms with Crippen molar-refractivity contribution >= 4 is 23.6 Å². The monoisotopic (exact) mass is 427 g/mol. The molecule has 2 aromatic carbocycles. The third-order valence-electron chi connectivity index (χ3n) is 4.32. The standard InChI is InChI=1S/C25H21N3O4/c1-2-31-25(30)19-8-10-21(11-9-19)28-24(29)20(16-26)15-18-6-12-23(13-7-18)32-17-22-5-3-4-14-27-22/h3-15H,2,17H2,1H3,(H,28,29)/b20-15+. The average Bonchev–Trinajstić information content (AvgIpc) is 2.83. The zero-order valence-corrected chi connectivity index (χ0v) is 17.4. The number of esters is 1. The highest BCUT2D eigenvalue weighted by molar-refractivity contribution is 6.09. The summed E-state index contributed by atoms with van der Waals surface area (Å²) >= 11 is 0. The van der Waals surface area contributed by atoms with Crippen LogP contribution in [0.25, 0.3) is 6.08 Å². The summed E-state index contributed by atoms with van der Waals surface area (Å²) in [6, 6.07) is 20.8. The van der Waals surface area contributed by atoms with Crippen LogP contribution >= 0.6 is 0 Å². The quantitative estimate of drug-likeness (QED) is 0.325. The smallest absolute Gasteiger partial charge is 0.338 e. The maximum Gasteiger partial charge on any atom is 0.338 e. The number of ether oxygens (including phenoxy) is 2. The molecule has 1 N–H and O–H groups in total. The number of nitrogens with one attached hydrogen (secondary N) is 1. The molecule has 7 heteroatoms. The Kier molecular flexibility index (Phi) is 7.71. The fourth-order valence-corrected chi connectivity index (χ4v) is 2.72. The number of carbonyl (C=O) groups excluding carboxylic acids is 2. The molecule has 3 aromatic rings. The van der Waals surface area contributed by atoms with Crippen molar-refractivity contribution in [1.29, 1.82) is 5.26 Å². The SMILES string of the molecule is CCOC(=O)c1ccc(NC(=O)/C(C#N)=C/c2ccc(OCc3ccccn3)cc2)cc1. The molecule has 3 rings (SSSR count). The van der Waals surface area contributed by atoms with Crippen molar-refractivity contribution in [3.05, 3.63) is 95.3 Å². The maximum atomic E-state index is 12.5. The number of anilines is 1. The van der Waals surface area contributed by atoms with E-state index in [9.17, 15) is 14.9 Å². The predicted octanol–water partition coefficient (Wildman–Crippen LogP) is 4.38. The first kappa shape index (κ1) is 22.2. The van der Waals surface area contributed by atoms with Gasteiger partial charge in [0.1, 0.15) is 24.0 Å². The van der Waals surface area contributed by atoms with Gasteiger partial charge in [0.15, 0.2) is 0 Å². The summed E-state index contributed by atoms with van der Waals surface area (Å²) < 4.78 is 10.6. The first-order chi connectivity index (χ1) is 15.6. The average molecular weight is 427 g/mol. The van der Waals surface area contributed by atoms with Gasteiger partial charge < -0.3 is 14.8 Å². The van der Waals surface area contributed by atoms with Crippen LogP contribution in [-0.4, -0.2) is 23.5 Å². The van der Waals surface area contributed by atoms with Gasteiger partial charge in [-0.25, -0.2) is 4.79 Å². The Balaban J connectivity index is 1.61. The Morgan fingerprint density at radius 3 is 2.44 bits per heavy atom. The van der Waals surface area contributed by atoms with E-state index in [1.54, 1.807) is 61.7 Å². The number of nitriles is 1. The second kappa shape index (κ2) is 11.1. The van der Waals surface area contributed by atoms with Gasteiger partial charge in [-0.2, -0.15) is 5.26 Å². The minimum absolute atomic E-state index is 0.0541. The highest BCUT2D eigenvalue weighted by atomic mass is 16.5. The number of carbonyl (C=O) groups is 2. The molecule has 0 spiro atoms. The van der Waals surface area contributed by atoms with Gasteiger partial charge in [0.25, 0.3) is 5.91 Å². The van der Waals surface area contributed by atoms with Gasteiger partial charge in [0, 0.05) is 11.9 Å². The molecule has 0 saturated carbocycles. The number of aromatic nitrogens is 1. The molecular formula is C25H21N3O4. The highest BCUT2D eigenvalue weighted by Crippen LogP contribution is 2.17. The fraction of sp³-hybridized carbons (Fsp3) is 0.120. The third kappa shape index (κ3) is 6.28. The lowest BCUT2D eigenvalue weighted by molar-refractivity contribution is -0.112. The van der Waals surface area contributed by atoms with E-state index in [2.05, 4.69) is 10.3 Å². The largest absolute Gasteiger partial charge is 0.487 e. The van der Waals surface area contributed by atoms with Crippen molar-refractivity contribution in [2.24, 2.45) is 0 Å². The van der Waals surface area contributed by atoms with Crippen molar-refractivity contribution in [2.75, 3.05) is 11.9 Å². The number of rotatable bonds is 8. The molecule has 0 aliphatic rings. The summed E-state index contributed by atoms with van der Waals surface area (Å²) in [4.78, 5) is 28.4. The molecule has 160 valence electrons. The van der Waals surface area contributed by atoms with Gasteiger partial charge in [-0.05, 0) is 67.1 Å². The number of nitrogens with zero attached hydrogens (tertiary/aromatic N) is 2. The number of amides is 1. The van der Waals surface area contributed by atoms with Crippen LogP contribution in [0.15, 0.2) is 78.5 Å². The summed E-state index contributed by atoms with van der Waals surface area (Å²) in [5, 5.41) is 12.1. The zero-order chi connectivity index (χ0) is 22.8. The molecule has 1 amide bonds. The minimum atomic E-state index is -0.549. The first-order valence-corrected chi connectivity index (χ1v) is 9.92. The minimum Gasteiger partial charge on any atom is -0.487 e. The van der Waals surface area contributed by atoms with Crippen LogP contribution in [0.3, 0.4) is 0 Å². The lowest BCUT2D eigenvalue weighted by atomic mass is 10.1. The van der Waals surface area contributed by atoms with Crippen molar-refractivity contribution in [3.8, 4) is 11.8 Å². The van der Waals surface area contributed by atoms with Gasteiger partial charge >= 0.3 is 5.97 Å². The molecular weight excluding hydrogens is 406 g/mol. The molecule has 0 fully saturated rings. The summed E-state index contributed by atoms with van der Waals surface area (Å²) in [6.45, 7) is 2.35. The van der Waals surface area contributed by atoms with Crippen LogP contribution < -0.4 is 10.1 Å². The topological polar surface area (TPSA) is 101 Å². The summed E-state index contributed by atoms with van der Waals surface area (Å²) in [6.07, 6.45) is 3.20. The Bertz CT molecular complexity index is 1130. The van der Waals surface area contributed by atoms with Crippen LogP contribution in [0.2, 0.25) is 0 Å². The van der Waals surface area contributed by atoms with E-state index in [-0.39, 0.29) is 12.2 Å². The lowest BCUT2D eigenvalue weighted by Crippen LogP contribution is -2.13. The number of benzene rings is 2. The molecule has 0 atom stereocenters. The second-order valence-corrected chi connectivity index (χ2v) is 6.60. The van der Waals surface area contributed by atoms with Crippen LogP contribution in [0.5, 0.6) is 5.75 Å². The van der Waals surface area contributed by atoms with Crippen molar-refractivity contribution < 1.29 is 19.1 Å². The summed E-state index contributed by atoms with van der Waals surface area (Å²) in [5.74, 6) is -0.334. The molecule has 0 aliphatic carbocycles. The Hall–Kier alpha value is -4.44. The highest BCUT2D eigenvalue weighted by Gasteiger charge is 2.11. The number of hydrogen-bond donors (Lipinski definition) is 1. The van der Waals surface area contributed by atoms with Gasteiger partial charge in [-0.3, -0.25) is 9.78 Å². The second-order valence-electron chi connectivity index (χ2n) is 6.60. The van der Waals surface area contributed by atoms with Crippen LogP contribution in [0.1, 0.15) is 28.5 Å². The van der Waals surface area contributed by atoms with Crippen LogP contribution in [0, 0.1) is 11.3 Å². The summed E-state index contributed by atoms with van der Waals surface area (Å²) in [5.41, 5.74) is 2.28. The lowest BCUT2D eigenvalue weighted by Gasteiger charge is -2.07. The van der Waals surface area contributed by atoms with E-state index in [1.165, 1.54) is 6.08 Å². The Morgan fingerprint density at radius 1 is 1.06 bits per heavy atom. The molecule has 32 heavy (non-hydrogen) atoms. The van der Waals surface area contributed by atoms with Gasteiger partial charge in [0.05, 0.1) is 17.9 Å². The molecule has 1 heterocycles. The molecule has 1 aromatic heterocycles. The number of hydrogen-bond acceptors (Lipinski definition) is 6. The molecule has 0 unspecified atom stereocenters. The molecule has 7 nitrogen and oxygen atoms in total. The molecule has 0 radical (unpaired) electrons. The molecule has 0 bridgehead atoms. The maximum absolute atomic E-state index is 12.5. The van der Waals surface area contributed by atoms with E-state index in [4.69, 9.17) is 9.47 Å². The normalized spacial score (nSPS) is 10.7. The van der Waals surface area contributed by atoms with Crippen molar-refractivity contribution in [2.45, 2.75) is 13.5 Å². The first-order valence-electron chi connectivity index (χ1n) is 9.92. The van der Waals surface area contributed by atoms with Gasteiger partial charge in [-0.15, -0.1) is 0 Å². The van der Waals surface area contributed by atoms with Crippen LogP contribution in [0.4, 0.5) is 5.69 Å². The van der Waals surface area contributed by atoms with E-state index >= 15 is 0 Å². The van der Waals surface area contributed by atoms with Gasteiger partial charge in [0.2, 0.25) is 0 Å². The Labute approximate surface area is 185 Å². The van der Waals surface area contributed by atoms with Crippen molar-refractivity contribution in [3.63, 3.8) is 0 Å². The van der Waals surface area contributed by atoms with E-state index in [1.807, 2.05) is 24.3 Å². The predicted molar refractivity (Wildman–Crippen MR) is 120 cm³/mol.